The minimum atomic E-state index is -4.53. The van der Waals surface area contributed by atoms with Crippen LogP contribution in [0.2, 0.25) is 0 Å². The van der Waals surface area contributed by atoms with Crippen molar-refractivity contribution in [2.75, 3.05) is 18.0 Å². The molecule has 0 fully saturated rings. The predicted octanol–water partition coefficient (Wildman–Crippen LogP) is 5.55. The van der Waals surface area contributed by atoms with Gasteiger partial charge in [0, 0.05) is 35.9 Å². The highest BCUT2D eigenvalue weighted by atomic mass is 19.4. The molecule has 3 aromatic rings. The number of halogens is 4. The first-order chi connectivity index (χ1) is 13.8. The molecule has 0 saturated heterocycles. The topological polar surface area (TPSA) is 51.6 Å². The van der Waals surface area contributed by atoms with E-state index in [0.29, 0.717) is 30.4 Å². The molecule has 1 aromatic heterocycles. The quantitative estimate of drug-likeness (QED) is 0.342. The van der Waals surface area contributed by atoms with Crippen molar-refractivity contribution < 1.29 is 22.7 Å². The van der Waals surface area contributed by atoms with Crippen molar-refractivity contribution in [3.8, 4) is 5.88 Å². The molecule has 2 N–H and O–H groups in total. The maximum Gasteiger partial charge on any atom is 0.418 e. The normalized spacial score (nSPS) is 15.0. The largest absolute Gasteiger partial charge is 0.494 e. The van der Waals surface area contributed by atoms with Crippen LogP contribution < -0.4 is 4.90 Å². The van der Waals surface area contributed by atoms with Crippen molar-refractivity contribution in [1.29, 1.82) is 0 Å². The second kappa shape index (κ2) is 7.27. The van der Waals surface area contributed by atoms with Gasteiger partial charge >= 0.3 is 6.18 Å². The van der Waals surface area contributed by atoms with E-state index in [1.165, 1.54) is 36.5 Å². The van der Waals surface area contributed by atoms with Gasteiger partial charge in [0.25, 0.3) is 0 Å². The molecule has 8 heteroatoms. The summed E-state index contributed by atoms with van der Waals surface area (Å²) in [6.07, 6.45) is 1.17. The van der Waals surface area contributed by atoms with Gasteiger partial charge in [0.2, 0.25) is 0 Å². The van der Waals surface area contributed by atoms with Crippen LogP contribution in [-0.2, 0) is 6.18 Å². The maximum atomic E-state index is 13.6. The molecule has 4 nitrogen and oxygen atoms in total. The SMILES string of the molecule is Oc1[nH]c2ccc(F)cc2c1C=Nc1ccc(N2CC=CCC2)c(C(F)(F)F)c1. The standard InChI is InChI=1S/C21H17F4N3O/c22-13-4-6-18-15(10-13)16(20(29)27-18)12-26-14-5-7-19(17(11-14)21(23,24)25)28-8-2-1-3-9-28/h1-2,4-7,10-12,27,29H,3,8-9H2. The number of benzene rings is 2. The lowest BCUT2D eigenvalue weighted by molar-refractivity contribution is -0.137. The number of aliphatic imine (C=N–C) groups is 1. The highest BCUT2D eigenvalue weighted by molar-refractivity contribution is 6.02. The summed E-state index contributed by atoms with van der Waals surface area (Å²) >= 11 is 0. The highest BCUT2D eigenvalue weighted by Crippen LogP contribution is 2.39. The van der Waals surface area contributed by atoms with Crippen LogP contribution in [0.15, 0.2) is 53.5 Å². The molecule has 150 valence electrons. The van der Waals surface area contributed by atoms with E-state index >= 15 is 0 Å². The highest BCUT2D eigenvalue weighted by Gasteiger charge is 2.35. The van der Waals surface area contributed by atoms with Gasteiger partial charge in [0.15, 0.2) is 5.88 Å². The average Bonchev–Trinajstić information content (AvgIpc) is 3.00. The van der Waals surface area contributed by atoms with Crippen LogP contribution in [0.4, 0.5) is 28.9 Å². The van der Waals surface area contributed by atoms with E-state index in [4.69, 9.17) is 0 Å². The number of rotatable bonds is 3. The number of nitrogens with one attached hydrogen (secondary N) is 1. The van der Waals surface area contributed by atoms with Crippen molar-refractivity contribution in [3.05, 3.63) is 65.5 Å². The number of hydrogen-bond acceptors (Lipinski definition) is 3. The molecule has 2 aromatic carbocycles. The Morgan fingerprint density at radius 1 is 1.10 bits per heavy atom. The monoisotopic (exact) mass is 403 g/mol. The van der Waals surface area contributed by atoms with Crippen molar-refractivity contribution in [2.24, 2.45) is 4.99 Å². The van der Waals surface area contributed by atoms with Crippen LogP contribution in [0.25, 0.3) is 10.9 Å². The third-order valence-electron chi connectivity index (χ3n) is 4.81. The molecule has 0 atom stereocenters. The van der Waals surface area contributed by atoms with Crippen molar-refractivity contribution in [3.63, 3.8) is 0 Å². The van der Waals surface area contributed by atoms with Crippen molar-refractivity contribution in [1.82, 2.24) is 4.98 Å². The molecule has 1 aliphatic heterocycles. The number of anilines is 1. The van der Waals surface area contributed by atoms with Gasteiger partial charge in [-0.15, -0.1) is 0 Å². The molecular formula is C21H17F4N3O. The fourth-order valence-electron chi connectivity index (χ4n) is 3.41. The summed E-state index contributed by atoms with van der Waals surface area (Å²) in [5, 5.41) is 10.4. The Morgan fingerprint density at radius 2 is 1.93 bits per heavy atom. The molecule has 2 heterocycles. The Bertz CT molecular complexity index is 1120. The summed E-state index contributed by atoms with van der Waals surface area (Å²) in [4.78, 5) is 8.44. The molecule has 0 unspecified atom stereocenters. The van der Waals surface area contributed by atoms with Crippen LogP contribution in [0.5, 0.6) is 5.88 Å². The number of nitrogens with zero attached hydrogens (tertiary/aromatic N) is 2. The van der Waals surface area contributed by atoms with E-state index in [0.717, 1.165) is 6.07 Å². The smallest absolute Gasteiger partial charge is 0.418 e. The fourth-order valence-corrected chi connectivity index (χ4v) is 3.41. The first-order valence-electron chi connectivity index (χ1n) is 8.98. The van der Waals surface area contributed by atoms with Gasteiger partial charge in [0.1, 0.15) is 5.82 Å². The van der Waals surface area contributed by atoms with Crippen molar-refractivity contribution >= 4 is 28.5 Å². The molecular weight excluding hydrogens is 386 g/mol. The first-order valence-corrected chi connectivity index (χ1v) is 8.98. The molecule has 0 bridgehead atoms. The molecule has 29 heavy (non-hydrogen) atoms. The Hall–Kier alpha value is -3.29. The average molecular weight is 403 g/mol. The molecule has 1 aliphatic rings. The van der Waals surface area contributed by atoms with Crippen LogP contribution in [0, 0.1) is 5.82 Å². The number of H-pyrrole nitrogens is 1. The summed E-state index contributed by atoms with van der Waals surface area (Å²) in [5.41, 5.74) is 0.126. The Kier molecular flexibility index (Phi) is 4.77. The van der Waals surface area contributed by atoms with Gasteiger partial charge in [-0.25, -0.2) is 4.39 Å². The first kappa shape index (κ1) is 19.0. The zero-order chi connectivity index (χ0) is 20.6. The van der Waals surface area contributed by atoms with E-state index < -0.39 is 17.6 Å². The maximum absolute atomic E-state index is 13.6. The molecule has 0 aliphatic carbocycles. The predicted molar refractivity (Wildman–Crippen MR) is 105 cm³/mol. The third-order valence-corrected chi connectivity index (χ3v) is 4.81. The van der Waals surface area contributed by atoms with E-state index in [1.54, 1.807) is 4.90 Å². The van der Waals surface area contributed by atoms with E-state index in [2.05, 4.69) is 9.98 Å². The van der Waals surface area contributed by atoms with Crippen LogP contribution in [-0.4, -0.2) is 29.4 Å². The van der Waals surface area contributed by atoms with Gasteiger partial charge in [-0.3, -0.25) is 4.99 Å². The van der Waals surface area contributed by atoms with Crippen molar-refractivity contribution in [2.45, 2.75) is 12.6 Å². The Morgan fingerprint density at radius 3 is 2.66 bits per heavy atom. The van der Waals surface area contributed by atoms with Gasteiger partial charge in [-0.1, -0.05) is 12.2 Å². The zero-order valence-corrected chi connectivity index (χ0v) is 15.2. The fraction of sp³-hybridized carbons (Fsp3) is 0.190. The summed E-state index contributed by atoms with van der Waals surface area (Å²) in [5.74, 6) is -0.729. The number of fused-ring (bicyclic) bond motifs is 1. The Labute approximate surface area is 163 Å². The molecule has 0 radical (unpaired) electrons. The van der Waals surface area contributed by atoms with E-state index in [-0.39, 0.29) is 22.8 Å². The van der Waals surface area contributed by atoms with Crippen LogP contribution in [0.3, 0.4) is 0 Å². The second-order valence-corrected chi connectivity index (χ2v) is 6.74. The number of aromatic amines is 1. The summed E-state index contributed by atoms with van der Waals surface area (Å²) in [7, 11) is 0. The van der Waals surface area contributed by atoms with Crippen LogP contribution >= 0.6 is 0 Å². The minimum absolute atomic E-state index is 0.0822. The van der Waals surface area contributed by atoms with Gasteiger partial charge in [-0.2, -0.15) is 13.2 Å². The number of alkyl halides is 3. The lowest BCUT2D eigenvalue weighted by Gasteiger charge is -2.28. The van der Waals surface area contributed by atoms with Gasteiger partial charge in [-0.05, 0) is 42.8 Å². The second-order valence-electron chi connectivity index (χ2n) is 6.74. The number of aromatic nitrogens is 1. The lowest BCUT2D eigenvalue weighted by Crippen LogP contribution is -2.29. The molecule has 4 rings (SSSR count). The molecule has 0 amide bonds. The van der Waals surface area contributed by atoms with E-state index in [9.17, 15) is 22.7 Å². The zero-order valence-electron chi connectivity index (χ0n) is 15.2. The summed E-state index contributed by atoms with van der Waals surface area (Å²) in [6.45, 7) is 0.928. The van der Waals surface area contributed by atoms with Crippen LogP contribution in [0.1, 0.15) is 17.5 Å². The number of aromatic hydroxyl groups is 1. The molecule has 0 spiro atoms. The Balaban J connectivity index is 1.72. The number of hydrogen-bond donors (Lipinski definition) is 2. The van der Waals surface area contributed by atoms with E-state index in [1.807, 2.05) is 12.2 Å². The summed E-state index contributed by atoms with van der Waals surface area (Å²) < 4.78 is 54.4. The minimum Gasteiger partial charge on any atom is -0.494 e. The summed E-state index contributed by atoms with van der Waals surface area (Å²) in [6, 6.07) is 7.81. The van der Waals surface area contributed by atoms with Gasteiger partial charge in [0.05, 0.1) is 16.8 Å². The molecule has 0 saturated carbocycles. The third kappa shape index (κ3) is 3.83. The lowest BCUT2D eigenvalue weighted by atomic mass is 10.1. The van der Waals surface area contributed by atoms with Gasteiger partial charge < -0.3 is 15.0 Å².